The highest BCUT2D eigenvalue weighted by Crippen LogP contribution is 2.30. The number of benzene rings is 1. The number of hydrogen-bond acceptors (Lipinski definition) is 4. The molecule has 1 heterocycles. The van der Waals surface area contributed by atoms with Crippen molar-refractivity contribution in [3.8, 4) is 0 Å². The molecule has 0 aliphatic rings. The predicted octanol–water partition coefficient (Wildman–Crippen LogP) is 2.36. The van der Waals surface area contributed by atoms with Gasteiger partial charge in [-0.25, -0.2) is 12.8 Å². The highest BCUT2D eigenvalue weighted by molar-refractivity contribution is 7.93. The molecule has 2 aromatic rings. The molecule has 96 valence electrons. The van der Waals surface area contributed by atoms with E-state index in [1.54, 1.807) is 17.5 Å². The summed E-state index contributed by atoms with van der Waals surface area (Å²) in [5, 5.41) is 0.863. The van der Waals surface area contributed by atoms with Gasteiger partial charge in [0, 0.05) is 6.54 Å². The van der Waals surface area contributed by atoms with Crippen LogP contribution in [0.4, 0.5) is 4.39 Å². The van der Waals surface area contributed by atoms with Crippen LogP contribution >= 0.6 is 11.3 Å². The third-order valence-corrected chi connectivity index (χ3v) is 6.16. The lowest BCUT2D eigenvalue weighted by atomic mass is 10.1. The van der Waals surface area contributed by atoms with E-state index in [4.69, 9.17) is 5.73 Å². The van der Waals surface area contributed by atoms with Gasteiger partial charge in [-0.2, -0.15) is 0 Å². The molecule has 18 heavy (non-hydrogen) atoms. The summed E-state index contributed by atoms with van der Waals surface area (Å²) < 4.78 is 37.8. The molecule has 1 aromatic carbocycles. The van der Waals surface area contributed by atoms with Gasteiger partial charge in [0.25, 0.3) is 0 Å². The Hall–Kier alpha value is -1.24. The molecule has 1 unspecified atom stereocenters. The number of rotatable bonds is 4. The zero-order valence-corrected chi connectivity index (χ0v) is 11.0. The van der Waals surface area contributed by atoms with E-state index in [1.165, 1.54) is 24.3 Å². The lowest BCUT2D eigenvalue weighted by molar-refractivity contribution is 0.584. The smallest absolute Gasteiger partial charge is 0.195 e. The molecule has 2 rings (SSSR count). The SMILES string of the molecule is NCC(c1ccc(F)cc1)S(=O)(=O)c1cccs1. The zero-order chi connectivity index (χ0) is 13.2. The summed E-state index contributed by atoms with van der Waals surface area (Å²) in [5.41, 5.74) is 6.07. The first-order valence-electron chi connectivity index (χ1n) is 5.28. The minimum absolute atomic E-state index is 0.0358. The second-order valence-electron chi connectivity index (χ2n) is 3.75. The number of halogens is 1. The van der Waals surface area contributed by atoms with Crippen molar-refractivity contribution < 1.29 is 12.8 Å². The summed E-state index contributed by atoms with van der Waals surface area (Å²) in [4.78, 5) is 0. The summed E-state index contributed by atoms with van der Waals surface area (Å²) in [6, 6.07) is 8.61. The summed E-state index contributed by atoms with van der Waals surface area (Å²) in [6.07, 6.45) is 0. The Kier molecular flexibility index (Phi) is 3.79. The average molecular weight is 285 g/mol. The lowest BCUT2D eigenvalue weighted by Crippen LogP contribution is -2.21. The second kappa shape index (κ2) is 5.17. The number of nitrogens with two attached hydrogens (primary N) is 1. The van der Waals surface area contributed by atoms with Crippen molar-refractivity contribution in [2.24, 2.45) is 5.73 Å². The van der Waals surface area contributed by atoms with Crippen molar-refractivity contribution in [1.82, 2.24) is 0 Å². The van der Waals surface area contributed by atoms with Gasteiger partial charge >= 0.3 is 0 Å². The first-order valence-corrected chi connectivity index (χ1v) is 7.71. The van der Waals surface area contributed by atoms with E-state index in [-0.39, 0.29) is 10.8 Å². The quantitative estimate of drug-likeness (QED) is 0.938. The van der Waals surface area contributed by atoms with Gasteiger partial charge in [0.05, 0.1) is 0 Å². The van der Waals surface area contributed by atoms with Gasteiger partial charge in [-0.1, -0.05) is 18.2 Å². The van der Waals surface area contributed by atoms with Gasteiger partial charge in [0.1, 0.15) is 15.3 Å². The van der Waals surface area contributed by atoms with Gasteiger partial charge < -0.3 is 5.73 Å². The second-order valence-corrected chi connectivity index (χ2v) is 7.06. The molecular weight excluding hydrogens is 273 g/mol. The number of hydrogen-bond donors (Lipinski definition) is 1. The van der Waals surface area contributed by atoms with Crippen LogP contribution in [0.5, 0.6) is 0 Å². The molecule has 3 nitrogen and oxygen atoms in total. The van der Waals surface area contributed by atoms with Crippen LogP contribution in [0.1, 0.15) is 10.8 Å². The van der Waals surface area contributed by atoms with Crippen LogP contribution < -0.4 is 5.73 Å². The van der Waals surface area contributed by atoms with E-state index in [2.05, 4.69) is 0 Å². The van der Waals surface area contributed by atoms with E-state index in [9.17, 15) is 12.8 Å². The zero-order valence-electron chi connectivity index (χ0n) is 9.41. The van der Waals surface area contributed by atoms with E-state index in [1.807, 2.05) is 0 Å². The third kappa shape index (κ3) is 2.45. The summed E-state index contributed by atoms with van der Waals surface area (Å²) in [7, 11) is -3.50. The molecule has 1 atom stereocenters. The number of thiophene rings is 1. The van der Waals surface area contributed by atoms with Crippen LogP contribution in [0.15, 0.2) is 46.0 Å². The van der Waals surface area contributed by atoms with Crippen LogP contribution in [0.25, 0.3) is 0 Å². The number of sulfone groups is 1. The van der Waals surface area contributed by atoms with E-state index in [0.717, 1.165) is 11.3 Å². The fraction of sp³-hybridized carbons (Fsp3) is 0.167. The Morgan fingerprint density at radius 1 is 1.22 bits per heavy atom. The summed E-state index contributed by atoms with van der Waals surface area (Å²) in [6.45, 7) is -0.0358. The largest absolute Gasteiger partial charge is 0.329 e. The Bertz CT molecular complexity index is 606. The van der Waals surface area contributed by atoms with Crippen LogP contribution in [-0.2, 0) is 9.84 Å². The summed E-state index contributed by atoms with van der Waals surface area (Å²) in [5.74, 6) is -0.400. The molecule has 0 radical (unpaired) electrons. The first kappa shape index (κ1) is 13.2. The Morgan fingerprint density at radius 3 is 2.39 bits per heavy atom. The van der Waals surface area contributed by atoms with Crippen LogP contribution in [-0.4, -0.2) is 15.0 Å². The van der Waals surface area contributed by atoms with Gasteiger partial charge in [0.2, 0.25) is 0 Å². The molecule has 0 amide bonds. The monoisotopic (exact) mass is 285 g/mol. The molecule has 0 spiro atoms. The Morgan fingerprint density at radius 2 is 1.89 bits per heavy atom. The Labute approximate surface area is 109 Å². The van der Waals surface area contributed by atoms with E-state index < -0.39 is 20.9 Å². The van der Waals surface area contributed by atoms with Crippen LogP contribution in [0, 0.1) is 5.82 Å². The minimum atomic E-state index is -3.50. The van der Waals surface area contributed by atoms with Crippen LogP contribution in [0.2, 0.25) is 0 Å². The van der Waals surface area contributed by atoms with Crippen molar-refractivity contribution in [1.29, 1.82) is 0 Å². The van der Waals surface area contributed by atoms with Gasteiger partial charge in [-0.15, -0.1) is 11.3 Å². The summed E-state index contributed by atoms with van der Waals surface area (Å²) >= 11 is 1.15. The molecule has 0 aliphatic heterocycles. The molecular formula is C12H12FNO2S2. The van der Waals surface area contributed by atoms with E-state index >= 15 is 0 Å². The maximum Gasteiger partial charge on any atom is 0.195 e. The van der Waals surface area contributed by atoms with Crippen LogP contribution in [0.3, 0.4) is 0 Å². The molecule has 0 saturated heterocycles. The van der Waals surface area contributed by atoms with E-state index in [0.29, 0.717) is 5.56 Å². The molecule has 0 fully saturated rings. The van der Waals surface area contributed by atoms with Crippen molar-refractivity contribution in [3.63, 3.8) is 0 Å². The van der Waals surface area contributed by atoms with Crippen molar-refractivity contribution in [3.05, 3.63) is 53.2 Å². The highest BCUT2D eigenvalue weighted by atomic mass is 32.2. The maximum atomic E-state index is 12.8. The minimum Gasteiger partial charge on any atom is -0.329 e. The van der Waals surface area contributed by atoms with Crippen molar-refractivity contribution in [2.75, 3.05) is 6.54 Å². The standard InChI is InChI=1S/C12H12FNO2S2/c13-10-5-3-9(4-6-10)11(8-14)18(15,16)12-2-1-7-17-12/h1-7,11H,8,14H2. The lowest BCUT2D eigenvalue weighted by Gasteiger charge is -2.15. The fourth-order valence-corrected chi connectivity index (χ4v) is 4.50. The van der Waals surface area contributed by atoms with Gasteiger partial charge in [-0.3, -0.25) is 0 Å². The van der Waals surface area contributed by atoms with Gasteiger partial charge in [0.15, 0.2) is 9.84 Å². The molecule has 6 heteroatoms. The normalized spacial score (nSPS) is 13.4. The molecule has 0 saturated carbocycles. The molecule has 2 N–H and O–H groups in total. The van der Waals surface area contributed by atoms with Crippen molar-refractivity contribution in [2.45, 2.75) is 9.46 Å². The maximum absolute atomic E-state index is 12.8. The van der Waals surface area contributed by atoms with Gasteiger partial charge in [-0.05, 0) is 29.1 Å². The first-order chi connectivity index (χ1) is 8.55. The van der Waals surface area contributed by atoms with Crippen molar-refractivity contribution >= 4 is 21.2 Å². The third-order valence-electron chi connectivity index (χ3n) is 2.61. The highest BCUT2D eigenvalue weighted by Gasteiger charge is 2.28. The molecule has 0 bridgehead atoms. The predicted molar refractivity (Wildman–Crippen MR) is 69.7 cm³/mol. The molecule has 1 aromatic heterocycles. The molecule has 0 aliphatic carbocycles. The fourth-order valence-electron chi connectivity index (χ4n) is 1.68. The average Bonchev–Trinajstić information content (AvgIpc) is 2.86. The Balaban J connectivity index is 2.43. The topological polar surface area (TPSA) is 60.2 Å².